The van der Waals surface area contributed by atoms with Crippen LogP contribution in [0.15, 0.2) is 22.1 Å². The highest BCUT2D eigenvalue weighted by molar-refractivity contribution is 5.60. The van der Waals surface area contributed by atoms with Gasteiger partial charge in [0.05, 0.1) is 19.0 Å². The molecule has 3 rings (SSSR count). The SMILES string of the molecule is CC1CCCCN1C=Nc1ccn([C@H]2CC[C@@H](CO)O2)c(=O)n1. The molecule has 7 nitrogen and oxygen atoms in total. The van der Waals surface area contributed by atoms with E-state index in [0.717, 1.165) is 13.0 Å². The zero-order valence-corrected chi connectivity index (χ0v) is 13.5. The first-order valence-corrected chi connectivity index (χ1v) is 8.33. The molecule has 0 radical (unpaired) electrons. The Morgan fingerprint density at radius 2 is 2.30 bits per heavy atom. The van der Waals surface area contributed by atoms with Crippen molar-refractivity contribution in [3.05, 3.63) is 22.7 Å². The third kappa shape index (κ3) is 3.79. The molecule has 7 heteroatoms. The summed E-state index contributed by atoms with van der Waals surface area (Å²) in [7, 11) is 0. The van der Waals surface area contributed by atoms with E-state index in [9.17, 15) is 4.79 Å². The molecule has 3 atom stereocenters. The van der Waals surface area contributed by atoms with Gasteiger partial charge < -0.3 is 14.7 Å². The van der Waals surface area contributed by atoms with E-state index in [1.807, 2.05) is 0 Å². The van der Waals surface area contributed by atoms with Gasteiger partial charge in [-0.25, -0.2) is 9.79 Å². The van der Waals surface area contributed by atoms with Gasteiger partial charge in [-0.05, 0) is 45.1 Å². The van der Waals surface area contributed by atoms with E-state index in [1.54, 1.807) is 18.6 Å². The van der Waals surface area contributed by atoms with Gasteiger partial charge in [0.1, 0.15) is 6.23 Å². The number of piperidine rings is 1. The summed E-state index contributed by atoms with van der Waals surface area (Å²) in [5, 5.41) is 9.11. The lowest BCUT2D eigenvalue weighted by molar-refractivity contribution is -0.0245. The third-order valence-electron chi connectivity index (χ3n) is 4.61. The topological polar surface area (TPSA) is 80.0 Å². The van der Waals surface area contributed by atoms with Crippen LogP contribution in [0.25, 0.3) is 0 Å². The second-order valence-electron chi connectivity index (χ2n) is 6.28. The molecular formula is C16H24N4O3. The number of ether oxygens (including phenoxy) is 1. The molecule has 2 fully saturated rings. The molecule has 1 unspecified atom stereocenters. The summed E-state index contributed by atoms with van der Waals surface area (Å²) in [6, 6.07) is 2.21. The first kappa shape index (κ1) is 16.1. The lowest BCUT2D eigenvalue weighted by atomic mass is 10.1. The molecule has 1 N–H and O–H groups in total. The molecule has 2 saturated heterocycles. The van der Waals surface area contributed by atoms with Gasteiger partial charge in [0.15, 0.2) is 5.82 Å². The number of hydrogen-bond donors (Lipinski definition) is 1. The predicted molar refractivity (Wildman–Crippen MR) is 86.9 cm³/mol. The third-order valence-corrected chi connectivity index (χ3v) is 4.61. The van der Waals surface area contributed by atoms with Gasteiger partial charge in [0, 0.05) is 18.8 Å². The molecule has 0 aliphatic carbocycles. The van der Waals surface area contributed by atoms with Crippen LogP contribution in [-0.4, -0.2) is 51.2 Å². The molecule has 2 aliphatic rings. The molecular weight excluding hydrogens is 296 g/mol. The molecule has 0 aromatic carbocycles. The van der Waals surface area contributed by atoms with Crippen LogP contribution in [0.1, 0.15) is 45.3 Å². The van der Waals surface area contributed by atoms with Crippen molar-refractivity contribution in [1.82, 2.24) is 14.5 Å². The molecule has 0 saturated carbocycles. The van der Waals surface area contributed by atoms with Crippen LogP contribution in [0.4, 0.5) is 5.82 Å². The van der Waals surface area contributed by atoms with E-state index in [-0.39, 0.29) is 24.6 Å². The Kier molecular flexibility index (Phi) is 5.07. The van der Waals surface area contributed by atoms with E-state index >= 15 is 0 Å². The molecule has 126 valence electrons. The Labute approximate surface area is 135 Å². The van der Waals surface area contributed by atoms with Gasteiger partial charge in [0.2, 0.25) is 0 Å². The fourth-order valence-corrected chi connectivity index (χ4v) is 3.15. The molecule has 23 heavy (non-hydrogen) atoms. The van der Waals surface area contributed by atoms with Crippen molar-refractivity contribution in [1.29, 1.82) is 0 Å². The monoisotopic (exact) mass is 320 g/mol. The van der Waals surface area contributed by atoms with Crippen molar-refractivity contribution in [2.45, 2.75) is 57.4 Å². The van der Waals surface area contributed by atoms with Crippen LogP contribution in [0.2, 0.25) is 0 Å². The fourth-order valence-electron chi connectivity index (χ4n) is 3.15. The summed E-state index contributed by atoms with van der Waals surface area (Å²) in [5.74, 6) is 0.417. The highest BCUT2D eigenvalue weighted by Gasteiger charge is 2.26. The van der Waals surface area contributed by atoms with E-state index in [4.69, 9.17) is 9.84 Å². The first-order valence-electron chi connectivity index (χ1n) is 8.33. The second-order valence-corrected chi connectivity index (χ2v) is 6.28. The number of hydrogen-bond acceptors (Lipinski definition) is 5. The summed E-state index contributed by atoms with van der Waals surface area (Å²) in [6.07, 6.45) is 8.01. The summed E-state index contributed by atoms with van der Waals surface area (Å²) >= 11 is 0. The molecule has 0 bridgehead atoms. The highest BCUT2D eigenvalue weighted by Crippen LogP contribution is 2.26. The summed E-state index contributed by atoms with van der Waals surface area (Å²) < 4.78 is 7.08. The molecule has 0 amide bonds. The lowest BCUT2D eigenvalue weighted by Gasteiger charge is -2.31. The fraction of sp³-hybridized carbons (Fsp3) is 0.688. The van der Waals surface area contributed by atoms with Gasteiger partial charge in [-0.2, -0.15) is 4.98 Å². The average molecular weight is 320 g/mol. The van der Waals surface area contributed by atoms with Crippen LogP contribution in [0, 0.1) is 0 Å². The number of rotatable bonds is 4. The standard InChI is InChI=1S/C16H24N4O3/c1-12-4-2-3-8-19(12)11-17-14-7-9-20(16(22)18-14)15-6-5-13(10-21)23-15/h7,9,11-13,15,21H,2-6,8,10H2,1H3/t12?,13-,15+/m0/s1. The van der Waals surface area contributed by atoms with Crippen LogP contribution in [-0.2, 0) is 4.74 Å². The van der Waals surface area contributed by atoms with Crippen molar-refractivity contribution < 1.29 is 9.84 Å². The Balaban J connectivity index is 1.68. The largest absolute Gasteiger partial charge is 0.394 e. The maximum absolute atomic E-state index is 12.2. The molecule has 3 heterocycles. The quantitative estimate of drug-likeness (QED) is 0.671. The Hall–Kier alpha value is -1.73. The minimum absolute atomic E-state index is 0.0188. The average Bonchev–Trinajstić information content (AvgIpc) is 3.03. The molecule has 2 aliphatic heterocycles. The van der Waals surface area contributed by atoms with Crippen molar-refractivity contribution in [3.8, 4) is 0 Å². The van der Waals surface area contributed by atoms with Gasteiger partial charge in [-0.3, -0.25) is 4.57 Å². The smallest absolute Gasteiger partial charge is 0.351 e. The Morgan fingerprint density at radius 3 is 3.00 bits per heavy atom. The summed E-state index contributed by atoms with van der Waals surface area (Å²) in [5.41, 5.74) is -0.366. The minimum Gasteiger partial charge on any atom is -0.394 e. The van der Waals surface area contributed by atoms with Crippen molar-refractivity contribution in [3.63, 3.8) is 0 Å². The van der Waals surface area contributed by atoms with Gasteiger partial charge >= 0.3 is 5.69 Å². The number of nitrogens with zero attached hydrogens (tertiary/aromatic N) is 4. The highest BCUT2D eigenvalue weighted by atomic mass is 16.5. The normalized spacial score (nSPS) is 28.6. The summed E-state index contributed by atoms with van der Waals surface area (Å²) in [6.45, 7) is 3.17. The van der Waals surface area contributed by atoms with Crippen molar-refractivity contribution in [2.24, 2.45) is 4.99 Å². The number of aliphatic hydroxyl groups is 1. The van der Waals surface area contributed by atoms with E-state index in [1.165, 1.54) is 23.8 Å². The van der Waals surface area contributed by atoms with Crippen LogP contribution in [0.5, 0.6) is 0 Å². The van der Waals surface area contributed by atoms with E-state index in [2.05, 4.69) is 21.8 Å². The first-order chi connectivity index (χ1) is 11.2. The lowest BCUT2D eigenvalue weighted by Crippen LogP contribution is -2.36. The van der Waals surface area contributed by atoms with Crippen molar-refractivity contribution >= 4 is 12.2 Å². The number of aliphatic imine (C=N–C) groups is 1. The van der Waals surface area contributed by atoms with Gasteiger partial charge in [-0.15, -0.1) is 0 Å². The zero-order valence-electron chi connectivity index (χ0n) is 13.5. The van der Waals surface area contributed by atoms with Gasteiger partial charge in [0.25, 0.3) is 0 Å². The maximum Gasteiger partial charge on any atom is 0.351 e. The minimum atomic E-state index is -0.366. The predicted octanol–water partition coefficient (Wildman–Crippen LogP) is 1.45. The van der Waals surface area contributed by atoms with Crippen LogP contribution in [0.3, 0.4) is 0 Å². The Bertz CT molecular complexity index is 616. The zero-order chi connectivity index (χ0) is 16.2. The number of aromatic nitrogens is 2. The maximum atomic E-state index is 12.2. The number of aliphatic hydroxyl groups excluding tert-OH is 1. The van der Waals surface area contributed by atoms with Crippen LogP contribution < -0.4 is 5.69 Å². The van der Waals surface area contributed by atoms with Crippen LogP contribution >= 0.6 is 0 Å². The Morgan fingerprint density at radius 1 is 1.43 bits per heavy atom. The summed E-state index contributed by atoms with van der Waals surface area (Å²) in [4.78, 5) is 22.7. The molecule has 0 spiro atoms. The molecule has 1 aromatic rings. The van der Waals surface area contributed by atoms with E-state index < -0.39 is 0 Å². The second kappa shape index (κ2) is 7.23. The number of likely N-dealkylation sites (tertiary alicyclic amines) is 1. The molecule has 1 aromatic heterocycles. The van der Waals surface area contributed by atoms with E-state index in [0.29, 0.717) is 18.3 Å². The van der Waals surface area contributed by atoms with Gasteiger partial charge in [-0.1, -0.05) is 0 Å². The van der Waals surface area contributed by atoms with Crippen molar-refractivity contribution in [2.75, 3.05) is 13.2 Å².